The van der Waals surface area contributed by atoms with Crippen molar-refractivity contribution in [1.29, 1.82) is 0 Å². The van der Waals surface area contributed by atoms with Gasteiger partial charge in [0.2, 0.25) is 0 Å². The molecule has 0 radical (unpaired) electrons. The maximum Gasteiger partial charge on any atom is 0.339 e. The van der Waals surface area contributed by atoms with Crippen LogP contribution in [-0.2, 0) is 4.74 Å². The molecule has 1 amide bonds. The van der Waals surface area contributed by atoms with E-state index in [2.05, 4.69) is 15.4 Å². The zero-order chi connectivity index (χ0) is 21.4. The largest absolute Gasteiger partial charge is 0.465 e. The smallest absolute Gasteiger partial charge is 0.339 e. The van der Waals surface area contributed by atoms with Crippen LogP contribution in [0.2, 0.25) is 0 Å². The van der Waals surface area contributed by atoms with Crippen LogP contribution in [-0.4, -0.2) is 33.6 Å². The number of methoxy groups -OCH3 is 1. The minimum absolute atomic E-state index is 0.175. The first-order chi connectivity index (χ1) is 14.4. The Kier molecular flexibility index (Phi) is 4.96. The molecule has 30 heavy (non-hydrogen) atoms. The van der Waals surface area contributed by atoms with E-state index in [0.717, 1.165) is 15.8 Å². The highest BCUT2D eigenvalue weighted by molar-refractivity contribution is 7.17. The van der Waals surface area contributed by atoms with Gasteiger partial charge < -0.3 is 9.72 Å². The summed E-state index contributed by atoms with van der Waals surface area (Å²) < 4.78 is 5.82. The number of fused-ring (bicyclic) bond motifs is 1. The number of carbonyl (C=O) groups is 2. The van der Waals surface area contributed by atoms with Gasteiger partial charge in [-0.15, -0.1) is 11.3 Å². The van der Waals surface area contributed by atoms with Crippen LogP contribution in [0.25, 0.3) is 21.3 Å². The topological polar surface area (TPSA) is 106 Å². The molecule has 1 aromatic carbocycles. The first-order valence-electron chi connectivity index (χ1n) is 9.05. The minimum Gasteiger partial charge on any atom is -0.465 e. The number of aromatic amines is 1. The molecule has 0 spiro atoms. The molecule has 0 bridgehead atoms. The zero-order valence-corrected chi connectivity index (χ0v) is 17.3. The van der Waals surface area contributed by atoms with Crippen molar-refractivity contribution in [2.24, 2.45) is 0 Å². The third-order valence-corrected chi connectivity index (χ3v) is 5.74. The van der Waals surface area contributed by atoms with Crippen LogP contribution < -0.4 is 11.0 Å². The summed E-state index contributed by atoms with van der Waals surface area (Å²) in [6.07, 6.45) is 1.28. The van der Waals surface area contributed by atoms with E-state index in [-0.39, 0.29) is 11.3 Å². The molecular weight excluding hydrogens is 404 g/mol. The molecule has 9 heteroatoms. The third-order valence-electron chi connectivity index (χ3n) is 4.86. The average Bonchev–Trinajstić information content (AvgIpc) is 3.31. The number of amides is 1. The number of nitrogens with zero attached hydrogens (tertiary/aromatic N) is 2. The Morgan fingerprint density at radius 1 is 1.20 bits per heavy atom. The van der Waals surface area contributed by atoms with Crippen molar-refractivity contribution in [1.82, 2.24) is 14.6 Å². The fraction of sp³-hybridized carbons (Fsp3) is 0.143. The maximum atomic E-state index is 13.1. The van der Waals surface area contributed by atoms with E-state index < -0.39 is 11.9 Å². The third kappa shape index (κ3) is 3.18. The summed E-state index contributed by atoms with van der Waals surface area (Å²) >= 11 is 1.37. The number of aromatic nitrogens is 3. The number of esters is 1. The van der Waals surface area contributed by atoms with Crippen molar-refractivity contribution < 1.29 is 14.3 Å². The SMILES string of the molecule is COC(=O)c1c(C)[nH]c(C(=O)Nn2cnc3scc(-c4ccccc4)c3c2=O)c1C. The lowest BCUT2D eigenvalue weighted by molar-refractivity contribution is 0.0599. The molecule has 8 nitrogen and oxygen atoms in total. The molecule has 0 aliphatic rings. The van der Waals surface area contributed by atoms with Crippen LogP contribution in [0.3, 0.4) is 0 Å². The summed E-state index contributed by atoms with van der Waals surface area (Å²) in [5.41, 5.74) is 5.24. The minimum atomic E-state index is -0.564. The number of thiophene rings is 1. The molecular formula is C21H18N4O4S. The van der Waals surface area contributed by atoms with Gasteiger partial charge in [0, 0.05) is 16.6 Å². The summed E-state index contributed by atoms with van der Waals surface area (Å²) in [4.78, 5) is 45.6. The predicted octanol–water partition coefficient (Wildman–Crippen LogP) is 3.24. The molecule has 0 aliphatic carbocycles. The van der Waals surface area contributed by atoms with Gasteiger partial charge >= 0.3 is 5.97 Å². The van der Waals surface area contributed by atoms with E-state index in [0.29, 0.717) is 27.0 Å². The quantitative estimate of drug-likeness (QED) is 0.491. The second-order valence-electron chi connectivity index (χ2n) is 6.67. The van der Waals surface area contributed by atoms with Gasteiger partial charge in [-0.2, -0.15) is 0 Å². The number of aryl methyl sites for hydroxylation is 1. The predicted molar refractivity (Wildman–Crippen MR) is 115 cm³/mol. The number of hydrogen-bond donors (Lipinski definition) is 2. The Labute approximate surface area is 175 Å². The molecule has 4 rings (SSSR count). The lowest BCUT2D eigenvalue weighted by atomic mass is 10.1. The van der Waals surface area contributed by atoms with Gasteiger partial charge in [-0.1, -0.05) is 30.3 Å². The first-order valence-corrected chi connectivity index (χ1v) is 9.93. The van der Waals surface area contributed by atoms with Crippen LogP contribution in [0.15, 0.2) is 46.8 Å². The van der Waals surface area contributed by atoms with Crippen LogP contribution in [0.1, 0.15) is 32.1 Å². The highest BCUT2D eigenvalue weighted by Gasteiger charge is 2.23. The van der Waals surface area contributed by atoms with Gasteiger partial charge in [0.1, 0.15) is 16.9 Å². The molecule has 0 atom stereocenters. The normalized spacial score (nSPS) is 10.9. The monoisotopic (exact) mass is 422 g/mol. The van der Waals surface area contributed by atoms with E-state index in [4.69, 9.17) is 4.74 Å². The van der Waals surface area contributed by atoms with Crippen molar-refractivity contribution in [3.8, 4) is 11.1 Å². The van der Waals surface area contributed by atoms with Gasteiger partial charge in [-0.05, 0) is 25.0 Å². The fourth-order valence-electron chi connectivity index (χ4n) is 3.39. The Hall–Kier alpha value is -3.72. The molecule has 4 aromatic rings. The number of benzene rings is 1. The number of carbonyl (C=O) groups excluding carboxylic acids is 2. The lowest BCUT2D eigenvalue weighted by Gasteiger charge is -2.08. The average molecular weight is 422 g/mol. The second-order valence-corrected chi connectivity index (χ2v) is 7.53. The summed E-state index contributed by atoms with van der Waals surface area (Å²) in [6, 6.07) is 9.51. The molecule has 2 N–H and O–H groups in total. The molecule has 0 saturated carbocycles. The van der Waals surface area contributed by atoms with Crippen molar-refractivity contribution in [2.45, 2.75) is 13.8 Å². The Bertz CT molecular complexity index is 1330. The number of H-pyrrole nitrogens is 1. The van der Waals surface area contributed by atoms with Crippen molar-refractivity contribution in [3.63, 3.8) is 0 Å². The standard InChI is InChI=1S/C21H18N4O4S/c1-11-15(21(28)29-3)12(2)23-17(11)18(26)24-25-10-22-19-16(20(25)27)14(9-30-19)13-7-5-4-6-8-13/h4-10,23H,1-3H3,(H,24,26). The molecule has 0 fully saturated rings. The zero-order valence-electron chi connectivity index (χ0n) is 16.5. The van der Waals surface area contributed by atoms with Gasteiger partial charge in [0.15, 0.2) is 0 Å². The lowest BCUT2D eigenvalue weighted by Crippen LogP contribution is -2.33. The van der Waals surface area contributed by atoms with Crippen LogP contribution >= 0.6 is 11.3 Å². The first kappa shape index (κ1) is 19.6. The van der Waals surface area contributed by atoms with Gasteiger partial charge in [-0.3, -0.25) is 15.0 Å². The molecule has 0 unspecified atom stereocenters. The van der Waals surface area contributed by atoms with E-state index in [1.54, 1.807) is 13.8 Å². The van der Waals surface area contributed by atoms with Crippen LogP contribution in [0.4, 0.5) is 0 Å². The summed E-state index contributed by atoms with van der Waals surface area (Å²) in [5, 5.41) is 2.31. The summed E-state index contributed by atoms with van der Waals surface area (Å²) in [6.45, 7) is 3.31. The van der Waals surface area contributed by atoms with E-state index in [1.165, 1.54) is 24.8 Å². The van der Waals surface area contributed by atoms with Crippen molar-refractivity contribution in [2.75, 3.05) is 12.5 Å². The number of nitrogens with one attached hydrogen (secondary N) is 2. The Morgan fingerprint density at radius 2 is 1.93 bits per heavy atom. The van der Waals surface area contributed by atoms with E-state index >= 15 is 0 Å². The Morgan fingerprint density at radius 3 is 2.63 bits per heavy atom. The molecule has 3 aromatic heterocycles. The van der Waals surface area contributed by atoms with E-state index in [9.17, 15) is 14.4 Å². The molecule has 152 valence electrons. The maximum absolute atomic E-state index is 13.1. The Balaban J connectivity index is 1.73. The van der Waals surface area contributed by atoms with Crippen molar-refractivity contribution >= 4 is 33.4 Å². The van der Waals surface area contributed by atoms with Gasteiger partial charge in [0.05, 0.1) is 18.1 Å². The molecule has 0 aliphatic heterocycles. The fourth-order valence-corrected chi connectivity index (χ4v) is 4.30. The number of hydrogen-bond acceptors (Lipinski definition) is 6. The van der Waals surface area contributed by atoms with E-state index in [1.807, 2.05) is 35.7 Å². The number of ether oxygens (including phenoxy) is 1. The second kappa shape index (κ2) is 7.60. The van der Waals surface area contributed by atoms with Crippen LogP contribution in [0.5, 0.6) is 0 Å². The summed E-state index contributed by atoms with van der Waals surface area (Å²) in [7, 11) is 1.28. The van der Waals surface area contributed by atoms with Crippen LogP contribution in [0, 0.1) is 13.8 Å². The molecule has 0 saturated heterocycles. The van der Waals surface area contributed by atoms with Crippen molar-refractivity contribution in [3.05, 3.63) is 74.9 Å². The highest BCUT2D eigenvalue weighted by Crippen LogP contribution is 2.30. The highest BCUT2D eigenvalue weighted by atomic mass is 32.1. The van der Waals surface area contributed by atoms with Gasteiger partial charge in [-0.25, -0.2) is 14.5 Å². The number of rotatable bonds is 4. The summed E-state index contributed by atoms with van der Waals surface area (Å²) in [5.74, 6) is -1.10. The molecule has 3 heterocycles. The van der Waals surface area contributed by atoms with Gasteiger partial charge in [0.25, 0.3) is 11.5 Å².